The minimum atomic E-state index is -1.47. The van der Waals surface area contributed by atoms with Crippen LogP contribution < -0.4 is 5.73 Å². The Bertz CT molecular complexity index is 364. The molecule has 15 heavy (non-hydrogen) atoms. The third-order valence-electron chi connectivity index (χ3n) is 2.00. The summed E-state index contributed by atoms with van der Waals surface area (Å²) < 4.78 is 38.3. The second-order valence-electron chi connectivity index (χ2n) is 3.57. The first kappa shape index (κ1) is 11.8. The molecule has 2 N–H and O–H groups in total. The monoisotopic (exact) mass is 215 g/mol. The number of halogens is 3. The largest absolute Gasteiger partial charge is 0.324 e. The summed E-state index contributed by atoms with van der Waals surface area (Å²) in [6.07, 6.45) is 0.407. The minimum Gasteiger partial charge on any atom is -0.324 e. The Balaban J connectivity index is 3.00. The van der Waals surface area contributed by atoms with Crippen LogP contribution in [0.5, 0.6) is 0 Å². The molecule has 0 unspecified atom stereocenters. The lowest BCUT2D eigenvalue weighted by Crippen LogP contribution is -2.11. The van der Waals surface area contributed by atoms with Gasteiger partial charge in [0.05, 0.1) is 0 Å². The highest BCUT2D eigenvalue weighted by Crippen LogP contribution is 2.21. The number of hydrogen-bond donors (Lipinski definition) is 1. The summed E-state index contributed by atoms with van der Waals surface area (Å²) >= 11 is 0. The van der Waals surface area contributed by atoms with Gasteiger partial charge in [0.2, 0.25) is 0 Å². The van der Waals surface area contributed by atoms with Crippen molar-refractivity contribution in [2.24, 2.45) is 5.73 Å². The van der Waals surface area contributed by atoms with Crippen LogP contribution in [0.1, 0.15) is 24.9 Å². The van der Waals surface area contributed by atoms with Gasteiger partial charge in [0, 0.05) is 6.04 Å². The second kappa shape index (κ2) is 4.49. The molecule has 0 amide bonds. The molecular formula is C11H12F3N. The molecule has 0 heterocycles. The van der Waals surface area contributed by atoms with E-state index in [1.54, 1.807) is 6.92 Å². The number of hydrogen-bond acceptors (Lipinski definition) is 1. The average molecular weight is 215 g/mol. The standard InChI is InChI=1S/C11H12F3N/c1-6(2)3-10(15)7-4-8(12)11(14)9(13)5-7/h4-5,10H,1,3,15H2,2H3/t10-/m0/s1. The zero-order valence-electron chi connectivity index (χ0n) is 8.36. The summed E-state index contributed by atoms with van der Waals surface area (Å²) in [5, 5.41) is 0. The second-order valence-corrected chi connectivity index (χ2v) is 3.57. The molecule has 1 rings (SSSR count). The van der Waals surface area contributed by atoms with Gasteiger partial charge in [-0.15, -0.1) is 6.58 Å². The zero-order valence-corrected chi connectivity index (χ0v) is 8.36. The van der Waals surface area contributed by atoms with E-state index in [1.165, 1.54) is 0 Å². The van der Waals surface area contributed by atoms with E-state index in [4.69, 9.17) is 5.73 Å². The van der Waals surface area contributed by atoms with Gasteiger partial charge in [-0.1, -0.05) is 5.57 Å². The molecular weight excluding hydrogens is 203 g/mol. The third kappa shape index (κ3) is 2.83. The molecule has 0 fully saturated rings. The first-order chi connectivity index (χ1) is 6.91. The van der Waals surface area contributed by atoms with E-state index in [9.17, 15) is 13.2 Å². The Hall–Kier alpha value is -1.29. The molecule has 0 saturated carbocycles. The van der Waals surface area contributed by atoms with Gasteiger partial charge in [-0.05, 0) is 31.0 Å². The molecule has 0 spiro atoms. The predicted molar refractivity (Wildman–Crippen MR) is 52.7 cm³/mol. The maximum absolute atomic E-state index is 12.8. The average Bonchev–Trinajstić information content (AvgIpc) is 2.12. The predicted octanol–water partition coefficient (Wildman–Crippen LogP) is 3.07. The highest BCUT2D eigenvalue weighted by Gasteiger charge is 2.14. The molecule has 1 atom stereocenters. The van der Waals surface area contributed by atoms with E-state index in [0.29, 0.717) is 6.42 Å². The lowest BCUT2D eigenvalue weighted by atomic mass is 10.0. The van der Waals surface area contributed by atoms with Crippen LogP contribution >= 0.6 is 0 Å². The van der Waals surface area contributed by atoms with Gasteiger partial charge in [-0.25, -0.2) is 13.2 Å². The summed E-state index contributed by atoms with van der Waals surface area (Å²) in [7, 11) is 0. The molecule has 0 bridgehead atoms. The van der Waals surface area contributed by atoms with E-state index in [-0.39, 0.29) is 5.56 Å². The van der Waals surface area contributed by atoms with Crippen LogP contribution in [0.25, 0.3) is 0 Å². The van der Waals surface area contributed by atoms with Crippen LogP contribution in [-0.2, 0) is 0 Å². The number of rotatable bonds is 3. The quantitative estimate of drug-likeness (QED) is 0.608. The molecule has 0 aliphatic carbocycles. The van der Waals surface area contributed by atoms with Crippen molar-refractivity contribution in [3.8, 4) is 0 Å². The van der Waals surface area contributed by atoms with Crippen molar-refractivity contribution in [3.05, 3.63) is 47.3 Å². The van der Waals surface area contributed by atoms with Crippen molar-refractivity contribution in [3.63, 3.8) is 0 Å². The lowest BCUT2D eigenvalue weighted by Gasteiger charge is -2.12. The van der Waals surface area contributed by atoms with Gasteiger partial charge < -0.3 is 5.73 Å². The van der Waals surface area contributed by atoms with Crippen molar-refractivity contribution < 1.29 is 13.2 Å². The van der Waals surface area contributed by atoms with Crippen molar-refractivity contribution >= 4 is 0 Å². The molecule has 4 heteroatoms. The molecule has 82 valence electrons. The van der Waals surface area contributed by atoms with Crippen LogP contribution in [-0.4, -0.2) is 0 Å². The Labute approximate surface area is 86.4 Å². The summed E-state index contributed by atoms with van der Waals surface area (Å²) in [6, 6.07) is 1.25. The summed E-state index contributed by atoms with van der Waals surface area (Å²) in [5.41, 5.74) is 6.70. The smallest absolute Gasteiger partial charge is 0.194 e. The maximum Gasteiger partial charge on any atom is 0.194 e. The van der Waals surface area contributed by atoms with Crippen LogP contribution in [0, 0.1) is 17.5 Å². The van der Waals surface area contributed by atoms with E-state index >= 15 is 0 Å². The lowest BCUT2D eigenvalue weighted by molar-refractivity contribution is 0.443. The molecule has 0 saturated heterocycles. The molecule has 1 nitrogen and oxygen atoms in total. The van der Waals surface area contributed by atoms with Crippen molar-refractivity contribution in [2.75, 3.05) is 0 Å². The van der Waals surface area contributed by atoms with Gasteiger partial charge in [0.15, 0.2) is 17.5 Å². The normalized spacial score (nSPS) is 12.6. The van der Waals surface area contributed by atoms with Crippen LogP contribution in [0.3, 0.4) is 0 Å². The minimum absolute atomic E-state index is 0.231. The van der Waals surface area contributed by atoms with Gasteiger partial charge in [-0.2, -0.15) is 0 Å². The molecule has 0 aliphatic rings. The van der Waals surface area contributed by atoms with Crippen molar-refractivity contribution in [2.45, 2.75) is 19.4 Å². The Morgan fingerprint density at radius 2 is 1.80 bits per heavy atom. The molecule has 0 radical (unpaired) electrons. The SMILES string of the molecule is C=C(C)C[C@H](N)c1cc(F)c(F)c(F)c1. The molecule has 1 aromatic rings. The Morgan fingerprint density at radius 3 is 2.20 bits per heavy atom. The van der Waals surface area contributed by atoms with Gasteiger partial charge in [0.25, 0.3) is 0 Å². The van der Waals surface area contributed by atoms with Crippen molar-refractivity contribution in [1.82, 2.24) is 0 Å². The first-order valence-electron chi connectivity index (χ1n) is 4.46. The molecule has 0 aromatic heterocycles. The van der Waals surface area contributed by atoms with Crippen LogP contribution in [0.2, 0.25) is 0 Å². The first-order valence-corrected chi connectivity index (χ1v) is 4.46. The van der Waals surface area contributed by atoms with Gasteiger partial charge >= 0.3 is 0 Å². The number of nitrogens with two attached hydrogens (primary N) is 1. The van der Waals surface area contributed by atoms with Crippen molar-refractivity contribution in [1.29, 1.82) is 0 Å². The third-order valence-corrected chi connectivity index (χ3v) is 2.00. The zero-order chi connectivity index (χ0) is 11.6. The highest BCUT2D eigenvalue weighted by atomic mass is 19.2. The van der Waals surface area contributed by atoms with Crippen LogP contribution in [0.15, 0.2) is 24.3 Å². The fourth-order valence-electron chi connectivity index (χ4n) is 1.28. The van der Waals surface area contributed by atoms with Gasteiger partial charge in [0.1, 0.15) is 0 Å². The summed E-state index contributed by atoms with van der Waals surface area (Å²) in [5.74, 6) is -3.91. The topological polar surface area (TPSA) is 26.0 Å². The van der Waals surface area contributed by atoms with Gasteiger partial charge in [-0.3, -0.25) is 0 Å². The molecule has 0 aliphatic heterocycles. The van der Waals surface area contributed by atoms with E-state index < -0.39 is 23.5 Å². The fourth-order valence-corrected chi connectivity index (χ4v) is 1.28. The highest BCUT2D eigenvalue weighted by molar-refractivity contribution is 5.23. The number of benzene rings is 1. The van der Waals surface area contributed by atoms with E-state index in [0.717, 1.165) is 17.7 Å². The maximum atomic E-state index is 12.8. The Morgan fingerprint density at radius 1 is 1.33 bits per heavy atom. The van der Waals surface area contributed by atoms with E-state index in [2.05, 4.69) is 6.58 Å². The van der Waals surface area contributed by atoms with E-state index in [1.807, 2.05) is 0 Å². The fraction of sp³-hybridized carbons (Fsp3) is 0.273. The molecule has 1 aromatic carbocycles. The summed E-state index contributed by atoms with van der Waals surface area (Å²) in [4.78, 5) is 0. The Kier molecular flexibility index (Phi) is 3.52. The summed E-state index contributed by atoms with van der Waals surface area (Å²) in [6.45, 7) is 5.40. The van der Waals surface area contributed by atoms with Crippen LogP contribution in [0.4, 0.5) is 13.2 Å².